The predicted molar refractivity (Wildman–Crippen MR) is 94.1 cm³/mol. The smallest absolute Gasteiger partial charge is 0.103 e. The number of hydrogen-bond donors (Lipinski definition) is 1. The van der Waals surface area contributed by atoms with E-state index < -0.39 is 0 Å². The van der Waals surface area contributed by atoms with Gasteiger partial charge in [0.15, 0.2) is 0 Å². The third-order valence-corrected chi connectivity index (χ3v) is 5.11. The van der Waals surface area contributed by atoms with Crippen LogP contribution in [0.15, 0.2) is 12.3 Å². The zero-order valence-corrected chi connectivity index (χ0v) is 15.0. The fourth-order valence-corrected chi connectivity index (χ4v) is 3.77. The molecule has 0 bridgehead atoms. The van der Waals surface area contributed by atoms with Crippen molar-refractivity contribution >= 4 is 0 Å². The standard InChI is InChI=1S/C18H32N4O2/c1-2-22-17(6-7-20-22)18-16(5-3-13-24-18)15-19-8-10-21-9-4-12-23-14-11-21/h6-7,16,18-19H,2-5,8-15H2,1H3/t16-,18+/m0/s1. The number of aromatic nitrogens is 2. The summed E-state index contributed by atoms with van der Waals surface area (Å²) in [5.41, 5.74) is 1.23. The maximum absolute atomic E-state index is 6.11. The summed E-state index contributed by atoms with van der Waals surface area (Å²) in [4.78, 5) is 2.50. The largest absolute Gasteiger partial charge is 0.380 e. The first-order valence-corrected chi connectivity index (χ1v) is 9.52. The van der Waals surface area contributed by atoms with Gasteiger partial charge < -0.3 is 14.8 Å². The van der Waals surface area contributed by atoms with Crippen molar-refractivity contribution in [2.45, 2.75) is 38.8 Å². The van der Waals surface area contributed by atoms with Crippen LogP contribution in [-0.2, 0) is 16.0 Å². The second-order valence-electron chi connectivity index (χ2n) is 6.78. The van der Waals surface area contributed by atoms with E-state index in [1.807, 2.05) is 6.20 Å². The predicted octanol–water partition coefficient (Wildman–Crippen LogP) is 1.68. The van der Waals surface area contributed by atoms with Crippen molar-refractivity contribution in [3.8, 4) is 0 Å². The summed E-state index contributed by atoms with van der Waals surface area (Å²) >= 11 is 0. The summed E-state index contributed by atoms with van der Waals surface area (Å²) in [5.74, 6) is 0.535. The highest BCUT2D eigenvalue weighted by Crippen LogP contribution is 2.33. The molecular formula is C18H32N4O2. The number of nitrogens with one attached hydrogen (secondary N) is 1. The van der Waals surface area contributed by atoms with Crippen LogP contribution in [0.5, 0.6) is 0 Å². The van der Waals surface area contributed by atoms with Crippen molar-refractivity contribution in [1.82, 2.24) is 20.0 Å². The van der Waals surface area contributed by atoms with Gasteiger partial charge in [-0.3, -0.25) is 9.58 Å². The first kappa shape index (κ1) is 17.9. The normalized spacial score (nSPS) is 26.4. The first-order chi connectivity index (χ1) is 11.9. The Morgan fingerprint density at radius 1 is 1.25 bits per heavy atom. The van der Waals surface area contributed by atoms with Crippen molar-refractivity contribution in [3.05, 3.63) is 18.0 Å². The molecule has 2 aliphatic heterocycles. The van der Waals surface area contributed by atoms with Crippen molar-refractivity contribution in [3.63, 3.8) is 0 Å². The average molecular weight is 336 g/mol. The van der Waals surface area contributed by atoms with E-state index >= 15 is 0 Å². The molecule has 1 aromatic heterocycles. The molecule has 1 aromatic rings. The lowest BCUT2D eigenvalue weighted by Crippen LogP contribution is -2.38. The van der Waals surface area contributed by atoms with Gasteiger partial charge >= 0.3 is 0 Å². The Balaban J connectivity index is 1.46. The monoisotopic (exact) mass is 336 g/mol. The van der Waals surface area contributed by atoms with E-state index in [2.05, 4.69) is 33.0 Å². The van der Waals surface area contributed by atoms with Gasteiger partial charge in [-0.15, -0.1) is 0 Å². The maximum atomic E-state index is 6.11. The highest BCUT2D eigenvalue weighted by Gasteiger charge is 2.29. The van der Waals surface area contributed by atoms with Crippen LogP contribution in [0.1, 0.15) is 38.0 Å². The summed E-state index contributed by atoms with van der Waals surface area (Å²) in [6.45, 7) is 11.1. The van der Waals surface area contributed by atoms with Crippen LogP contribution < -0.4 is 5.32 Å². The quantitative estimate of drug-likeness (QED) is 0.768. The van der Waals surface area contributed by atoms with Gasteiger partial charge in [0.1, 0.15) is 6.10 Å². The van der Waals surface area contributed by atoms with Crippen molar-refractivity contribution in [2.24, 2.45) is 5.92 Å². The molecule has 0 radical (unpaired) electrons. The summed E-state index contributed by atoms with van der Waals surface area (Å²) in [7, 11) is 0. The van der Waals surface area contributed by atoms with Gasteiger partial charge in [-0.25, -0.2) is 0 Å². The maximum Gasteiger partial charge on any atom is 0.103 e. The van der Waals surface area contributed by atoms with Crippen LogP contribution in [0.3, 0.4) is 0 Å². The van der Waals surface area contributed by atoms with Crippen molar-refractivity contribution < 1.29 is 9.47 Å². The molecule has 24 heavy (non-hydrogen) atoms. The molecular weight excluding hydrogens is 304 g/mol. The van der Waals surface area contributed by atoms with Crippen LogP contribution in [0.2, 0.25) is 0 Å². The molecule has 2 fully saturated rings. The second-order valence-corrected chi connectivity index (χ2v) is 6.78. The minimum atomic E-state index is 0.181. The molecule has 6 nitrogen and oxygen atoms in total. The van der Waals surface area contributed by atoms with E-state index in [1.54, 1.807) is 0 Å². The number of hydrogen-bond acceptors (Lipinski definition) is 5. The molecule has 2 aliphatic rings. The Morgan fingerprint density at radius 2 is 2.21 bits per heavy atom. The first-order valence-electron chi connectivity index (χ1n) is 9.52. The van der Waals surface area contributed by atoms with Crippen LogP contribution in [0, 0.1) is 5.92 Å². The molecule has 2 atom stereocenters. The molecule has 0 saturated carbocycles. The average Bonchev–Trinajstić information content (AvgIpc) is 2.94. The zero-order valence-electron chi connectivity index (χ0n) is 15.0. The van der Waals surface area contributed by atoms with E-state index in [9.17, 15) is 0 Å². The highest BCUT2D eigenvalue weighted by atomic mass is 16.5. The molecule has 0 spiro atoms. The van der Waals surface area contributed by atoms with Crippen LogP contribution in [0.4, 0.5) is 0 Å². The van der Waals surface area contributed by atoms with Crippen LogP contribution in [0.25, 0.3) is 0 Å². The van der Waals surface area contributed by atoms with E-state index in [0.717, 1.165) is 71.9 Å². The third-order valence-electron chi connectivity index (χ3n) is 5.11. The van der Waals surface area contributed by atoms with Crippen LogP contribution in [-0.4, -0.2) is 67.2 Å². The summed E-state index contributed by atoms with van der Waals surface area (Å²) in [6, 6.07) is 2.11. The number of nitrogens with zero attached hydrogens (tertiary/aromatic N) is 3. The minimum absolute atomic E-state index is 0.181. The molecule has 136 valence electrons. The number of rotatable bonds is 7. The Labute approximate surface area is 145 Å². The van der Waals surface area contributed by atoms with E-state index in [4.69, 9.17) is 9.47 Å². The van der Waals surface area contributed by atoms with E-state index in [-0.39, 0.29) is 6.10 Å². The molecule has 3 rings (SSSR count). The number of ether oxygens (including phenoxy) is 2. The van der Waals surface area contributed by atoms with Gasteiger partial charge in [0.05, 0.1) is 12.3 Å². The zero-order chi connectivity index (χ0) is 16.6. The topological polar surface area (TPSA) is 51.5 Å². The van der Waals surface area contributed by atoms with Gasteiger partial charge in [-0.1, -0.05) is 0 Å². The van der Waals surface area contributed by atoms with E-state index in [1.165, 1.54) is 12.1 Å². The summed E-state index contributed by atoms with van der Waals surface area (Å²) in [6.07, 6.45) is 5.61. The molecule has 3 heterocycles. The fraction of sp³-hybridized carbons (Fsp3) is 0.833. The molecule has 0 aliphatic carbocycles. The molecule has 0 aromatic carbocycles. The van der Waals surface area contributed by atoms with Gasteiger partial charge in [-0.05, 0) is 32.3 Å². The number of aryl methyl sites for hydroxylation is 1. The van der Waals surface area contributed by atoms with Gasteiger partial charge in [-0.2, -0.15) is 5.10 Å². The van der Waals surface area contributed by atoms with Crippen molar-refractivity contribution in [2.75, 3.05) is 52.5 Å². The molecule has 0 unspecified atom stereocenters. The molecule has 2 saturated heterocycles. The van der Waals surface area contributed by atoms with Crippen molar-refractivity contribution in [1.29, 1.82) is 0 Å². The summed E-state index contributed by atoms with van der Waals surface area (Å²) in [5, 5.41) is 8.07. The molecule has 1 N–H and O–H groups in total. The third kappa shape index (κ3) is 4.79. The fourth-order valence-electron chi connectivity index (χ4n) is 3.77. The Kier molecular flexibility index (Phi) is 7.08. The van der Waals surface area contributed by atoms with Gasteiger partial charge in [0.2, 0.25) is 0 Å². The minimum Gasteiger partial charge on any atom is -0.380 e. The lowest BCUT2D eigenvalue weighted by atomic mass is 9.92. The SMILES string of the molecule is CCn1nccc1[C@@H]1OCCC[C@H]1CNCCN1CCCOCC1. The Bertz CT molecular complexity index is 471. The Morgan fingerprint density at radius 3 is 3.12 bits per heavy atom. The lowest BCUT2D eigenvalue weighted by molar-refractivity contribution is -0.0327. The summed E-state index contributed by atoms with van der Waals surface area (Å²) < 4.78 is 13.7. The van der Waals surface area contributed by atoms with Crippen LogP contribution >= 0.6 is 0 Å². The highest BCUT2D eigenvalue weighted by molar-refractivity contribution is 5.07. The second kappa shape index (κ2) is 9.51. The Hall–Kier alpha value is -0.950. The van der Waals surface area contributed by atoms with Gasteiger partial charge in [0.25, 0.3) is 0 Å². The molecule has 0 amide bonds. The van der Waals surface area contributed by atoms with Gasteiger partial charge in [0, 0.05) is 64.6 Å². The molecule has 6 heteroatoms. The lowest BCUT2D eigenvalue weighted by Gasteiger charge is -2.32. The van der Waals surface area contributed by atoms with E-state index in [0.29, 0.717) is 5.92 Å².